The highest BCUT2D eigenvalue weighted by atomic mass is 35.5. The van der Waals surface area contributed by atoms with Gasteiger partial charge in [0.1, 0.15) is 5.60 Å². The van der Waals surface area contributed by atoms with Crippen LogP contribution in [0.15, 0.2) is 59.8 Å². The number of carbonyl (C=O) groups is 1. The van der Waals surface area contributed by atoms with Crippen LogP contribution in [0.4, 0.5) is 18.9 Å². The summed E-state index contributed by atoms with van der Waals surface area (Å²) in [5.74, 6) is -0.376. The SMILES string of the molecule is O=C(Nc1cc(F)c(F)c(F)c1)c1ccc(Cl)c(S(=O)(=O)C2[C@H]3CC[C@H]2CC(O)(C#Cc2ccncc2)C3)c1. The molecule has 0 spiro atoms. The number of aromatic nitrogens is 1. The summed E-state index contributed by atoms with van der Waals surface area (Å²) in [5, 5.41) is 12.5. The van der Waals surface area contributed by atoms with Gasteiger partial charge < -0.3 is 10.4 Å². The Kier molecular flexibility index (Phi) is 7.18. The van der Waals surface area contributed by atoms with Crippen LogP contribution in [-0.2, 0) is 9.84 Å². The summed E-state index contributed by atoms with van der Waals surface area (Å²) in [7, 11) is -4.04. The highest BCUT2D eigenvalue weighted by Gasteiger charge is 2.54. The lowest BCUT2D eigenvalue weighted by molar-refractivity contribution is 0.0340. The highest BCUT2D eigenvalue weighted by Crippen LogP contribution is 2.51. The minimum absolute atomic E-state index is 0.0804. The summed E-state index contributed by atoms with van der Waals surface area (Å²) < 4.78 is 68.0. The normalized spacial score (nSPS) is 24.1. The molecule has 1 heterocycles. The Morgan fingerprint density at radius 1 is 1.03 bits per heavy atom. The number of pyridine rings is 1. The van der Waals surface area contributed by atoms with E-state index in [1.54, 1.807) is 24.5 Å². The second-order valence-electron chi connectivity index (χ2n) is 9.89. The molecule has 11 heteroatoms. The largest absolute Gasteiger partial charge is 0.378 e. The van der Waals surface area contributed by atoms with Crippen molar-refractivity contribution in [3.8, 4) is 11.8 Å². The highest BCUT2D eigenvalue weighted by molar-refractivity contribution is 7.92. The quantitative estimate of drug-likeness (QED) is 0.332. The van der Waals surface area contributed by atoms with Gasteiger partial charge in [0.05, 0.1) is 15.2 Å². The van der Waals surface area contributed by atoms with Crippen LogP contribution in [0.2, 0.25) is 5.02 Å². The van der Waals surface area contributed by atoms with E-state index < -0.39 is 44.0 Å². The Morgan fingerprint density at radius 2 is 1.64 bits per heavy atom. The van der Waals surface area contributed by atoms with Crippen molar-refractivity contribution in [2.24, 2.45) is 11.8 Å². The van der Waals surface area contributed by atoms with E-state index in [9.17, 15) is 31.5 Å². The van der Waals surface area contributed by atoms with Crippen LogP contribution in [0, 0.1) is 41.1 Å². The van der Waals surface area contributed by atoms with Crippen molar-refractivity contribution in [2.75, 3.05) is 5.32 Å². The van der Waals surface area contributed by atoms with Gasteiger partial charge in [-0.15, -0.1) is 0 Å². The number of anilines is 1. The van der Waals surface area contributed by atoms with E-state index in [4.69, 9.17) is 11.6 Å². The predicted octanol–water partition coefficient (Wildman–Crippen LogP) is 5.15. The van der Waals surface area contributed by atoms with Crippen LogP contribution < -0.4 is 5.32 Å². The number of amides is 1. The molecule has 0 radical (unpaired) electrons. The molecule has 0 saturated heterocycles. The van der Waals surface area contributed by atoms with Crippen molar-refractivity contribution in [3.63, 3.8) is 0 Å². The van der Waals surface area contributed by atoms with E-state index in [-0.39, 0.29) is 45.8 Å². The van der Waals surface area contributed by atoms with Crippen molar-refractivity contribution in [2.45, 2.75) is 41.4 Å². The van der Waals surface area contributed by atoms with Crippen LogP contribution in [0.5, 0.6) is 0 Å². The number of hydrogen-bond donors (Lipinski definition) is 2. The molecule has 6 nitrogen and oxygen atoms in total. The number of sulfone groups is 1. The van der Waals surface area contributed by atoms with E-state index in [1.165, 1.54) is 12.1 Å². The molecular formula is C28H22ClF3N2O4S. The maximum absolute atomic E-state index is 13.8. The Bertz CT molecular complexity index is 1590. The summed E-state index contributed by atoms with van der Waals surface area (Å²) in [6.45, 7) is 0. The maximum atomic E-state index is 13.8. The second-order valence-corrected chi connectivity index (χ2v) is 12.4. The third-order valence-electron chi connectivity index (χ3n) is 7.26. The fourth-order valence-electron chi connectivity index (χ4n) is 5.60. The molecule has 2 N–H and O–H groups in total. The molecule has 39 heavy (non-hydrogen) atoms. The molecule has 2 saturated carbocycles. The number of halogens is 4. The number of nitrogens with zero attached hydrogens (tertiary/aromatic N) is 1. The van der Waals surface area contributed by atoms with Crippen LogP contribution in [-0.4, -0.2) is 35.3 Å². The van der Waals surface area contributed by atoms with E-state index in [0.717, 1.165) is 6.07 Å². The van der Waals surface area contributed by atoms with Gasteiger partial charge in [-0.25, -0.2) is 21.6 Å². The van der Waals surface area contributed by atoms with Gasteiger partial charge in [0.25, 0.3) is 5.91 Å². The molecule has 5 rings (SSSR count). The first-order valence-electron chi connectivity index (χ1n) is 12.1. The molecule has 2 aromatic carbocycles. The summed E-state index contributed by atoms with van der Waals surface area (Å²) in [5.41, 5.74) is -1.11. The van der Waals surface area contributed by atoms with Gasteiger partial charge >= 0.3 is 0 Å². The molecule has 0 unspecified atom stereocenters. The van der Waals surface area contributed by atoms with Gasteiger partial charge in [-0.3, -0.25) is 9.78 Å². The third-order valence-corrected chi connectivity index (χ3v) is 10.1. The monoisotopic (exact) mass is 574 g/mol. The zero-order chi connectivity index (χ0) is 27.9. The maximum Gasteiger partial charge on any atom is 0.255 e. The minimum Gasteiger partial charge on any atom is -0.378 e. The first-order valence-corrected chi connectivity index (χ1v) is 14.0. The van der Waals surface area contributed by atoms with E-state index in [1.807, 2.05) is 0 Å². The zero-order valence-corrected chi connectivity index (χ0v) is 21.9. The summed E-state index contributed by atoms with van der Waals surface area (Å²) in [6.07, 6.45) is 4.71. The molecule has 2 aliphatic carbocycles. The van der Waals surface area contributed by atoms with Gasteiger partial charge in [-0.1, -0.05) is 23.4 Å². The number of aliphatic hydroxyl groups is 1. The summed E-state index contributed by atoms with van der Waals surface area (Å²) in [4.78, 5) is 16.5. The van der Waals surface area contributed by atoms with Gasteiger partial charge in [0.15, 0.2) is 27.3 Å². The van der Waals surface area contributed by atoms with E-state index in [2.05, 4.69) is 22.1 Å². The lowest BCUT2D eigenvalue weighted by atomic mass is 9.77. The molecule has 0 aliphatic heterocycles. The molecule has 1 amide bonds. The van der Waals surface area contributed by atoms with E-state index >= 15 is 0 Å². The number of rotatable bonds is 4. The van der Waals surface area contributed by atoms with Gasteiger partial charge in [0.2, 0.25) is 0 Å². The van der Waals surface area contributed by atoms with Gasteiger partial charge in [0, 0.05) is 41.3 Å². The molecular weight excluding hydrogens is 553 g/mol. The second kappa shape index (κ2) is 10.3. The lowest BCUT2D eigenvalue weighted by Gasteiger charge is -2.38. The smallest absolute Gasteiger partial charge is 0.255 e. The Morgan fingerprint density at radius 3 is 2.26 bits per heavy atom. The van der Waals surface area contributed by atoms with Crippen molar-refractivity contribution in [1.82, 2.24) is 4.98 Å². The van der Waals surface area contributed by atoms with Crippen molar-refractivity contribution in [3.05, 3.63) is 88.5 Å². The number of nitrogens with one attached hydrogen (secondary N) is 1. The average molecular weight is 575 g/mol. The van der Waals surface area contributed by atoms with Crippen LogP contribution in [0.25, 0.3) is 0 Å². The zero-order valence-electron chi connectivity index (χ0n) is 20.3. The fourth-order valence-corrected chi connectivity index (χ4v) is 8.44. The summed E-state index contributed by atoms with van der Waals surface area (Å²) >= 11 is 6.28. The van der Waals surface area contributed by atoms with Crippen molar-refractivity contribution in [1.29, 1.82) is 0 Å². The van der Waals surface area contributed by atoms with Crippen LogP contribution in [0.3, 0.4) is 0 Å². The van der Waals surface area contributed by atoms with Crippen LogP contribution in [0.1, 0.15) is 41.6 Å². The first-order chi connectivity index (χ1) is 18.5. The topological polar surface area (TPSA) is 96.4 Å². The lowest BCUT2D eigenvalue weighted by Crippen LogP contribution is -2.45. The van der Waals surface area contributed by atoms with Crippen LogP contribution >= 0.6 is 11.6 Å². The van der Waals surface area contributed by atoms with Gasteiger partial charge in [-0.2, -0.15) is 0 Å². The predicted molar refractivity (Wildman–Crippen MR) is 138 cm³/mol. The Hall–Kier alpha value is -3.39. The minimum atomic E-state index is -4.04. The molecule has 2 bridgehead atoms. The molecule has 2 aliphatic rings. The third kappa shape index (κ3) is 5.39. The van der Waals surface area contributed by atoms with Gasteiger partial charge in [-0.05, 0) is 67.9 Å². The van der Waals surface area contributed by atoms with Crippen molar-refractivity contribution >= 4 is 33.0 Å². The molecule has 2 atom stereocenters. The Labute approximate surface area is 228 Å². The molecule has 1 aromatic heterocycles. The summed E-state index contributed by atoms with van der Waals surface area (Å²) in [6, 6.07) is 8.31. The fraction of sp³-hybridized carbons (Fsp3) is 0.286. The van der Waals surface area contributed by atoms with Crippen molar-refractivity contribution < 1.29 is 31.5 Å². The standard InChI is InChI=1S/C28H22ClF3N2O4S/c29-21-4-3-17(27(35)34-20-12-22(30)25(32)23(31)13-20)11-24(21)39(37,38)26-18-1-2-19(26)15-28(36,14-18)8-5-16-6-9-33-10-7-16/h3-4,6-7,9-13,18-19,26,36H,1-2,14-15H2,(H,34,35)/t18-,19-,26?,28?/m0/s1. The molecule has 2 fully saturated rings. The first kappa shape index (κ1) is 27.2. The molecule has 202 valence electrons. The molecule has 3 aromatic rings. The number of fused-ring (bicyclic) bond motifs is 2. The van der Waals surface area contributed by atoms with E-state index in [0.29, 0.717) is 30.5 Å². The number of hydrogen-bond acceptors (Lipinski definition) is 5. The number of carbonyl (C=O) groups excluding carboxylic acids is 1. The average Bonchev–Trinajstić information content (AvgIpc) is 3.20. The number of benzene rings is 2. The Balaban J connectivity index is 1.39.